The zero-order chi connectivity index (χ0) is 30.2. The third-order valence-corrected chi connectivity index (χ3v) is 9.08. The summed E-state index contributed by atoms with van der Waals surface area (Å²) in [6, 6.07) is 27.6. The van der Waals surface area contributed by atoms with E-state index in [4.69, 9.17) is 15.0 Å². The van der Waals surface area contributed by atoms with Crippen LogP contribution in [0.2, 0.25) is 0 Å². The molecule has 0 radical (unpaired) electrons. The fourth-order valence-electron chi connectivity index (χ4n) is 5.94. The van der Waals surface area contributed by atoms with Crippen LogP contribution < -0.4 is 0 Å². The summed E-state index contributed by atoms with van der Waals surface area (Å²) in [6.07, 6.45) is 13.8. The SMILES string of the molecule is C=C/C=C\C(=C/C)c1nc(-c2ccccc2)nc(-n2c(/C=C\C)c(C=C)c3ccc4c(sc5ccc6ccccc6c54)c32)n1. The minimum absolute atomic E-state index is 0.557. The number of nitrogens with zero attached hydrogens (tertiary/aromatic N) is 4. The second-order valence-corrected chi connectivity index (χ2v) is 11.5. The number of fused-ring (bicyclic) bond motifs is 7. The molecule has 212 valence electrons. The Morgan fingerprint density at radius 3 is 2.39 bits per heavy atom. The van der Waals surface area contributed by atoms with Crippen LogP contribution in [0.4, 0.5) is 0 Å². The molecule has 4 aromatic carbocycles. The molecule has 0 atom stereocenters. The second-order valence-electron chi connectivity index (χ2n) is 10.4. The predicted molar refractivity (Wildman–Crippen MR) is 190 cm³/mol. The lowest BCUT2D eigenvalue weighted by molar-refractivity contribution is 0.910. The van der Waals surface area contributed by atoms with Crippen LogP contribution in [0.25, 0.3) is 76.9 Å². The van der Waals surface area contributed by atoms with Crippen LogP contribution in [-0.4, -0.2) is 19.5 Å². The molecule has 0 saturated heterocycles. The quantitative estimate of drug-likeness (QED) is 0.175. The van der Waals surface area contributed by atoms with Crippen molar-refractivity contribution in [2.24, 2.45) is 0 Å². The zero-order valence-electron chi connectivity index (χ0n) is 24.7. The van der Waals surface area contributed by atoms with Gasteiger partial charge in [-0.05, 0) is 36.8 Å². The highest BCUT2D eigenvalue weighted by atomic mass is 32.1. The highest BCUT2D eigenvalue weighted by Gasteiger charge is 2.23. The van der Waals surface area contributed by atoms with E-state index in [0.717, 1.165) is 33.3 Å². The Labute approximate surface area is 260 Å². The summed E-state index contributed by atoms with van der Waals surface area (Å²) in [5, 5.41) is 6.09. The number of aromatic nitrogens is 4. The van der Waals surface area contributed by atoms with E-state index in [9.17, 15) is 0 Å². The van der Waals surface area contributed by atoms with Crippen molar-refractivity contribution in [1.82, 2.24) is 19.5 Å². The first-order chi connectivity index (χ1) is 21.7. The Hall–Kier alpha value is -5.39. The molecular weight excluding hydrogens is 557 g/mol. The lowest BCUT2D eigenvalue weighted by Crippen LogP contribution is -2.09. The summed E-state index contributed by atoms with van der Waals surface area (Å²) in [7, 11) is 0. The van der Waals surface area contributed by atoms with Crippen molar-refractivity contribution in [2.75, 3.05) is 0 Å². The van der Waals surface area contributed by atoms with Crippen LogP contribution in [0.1, 0.15) is 30.9 Å². The van der Waals surface area contributed by atoms with E-state index in [1.54, 1.807) is 6.08 Å². The summed E-state index contributed by atoms with van der Waals surface area (Å²) >= 11 is 1.81. The van der Waals surface area contributed by atoms with E-state index in [2.05, 4.69) is 78.4 Å². The molecule has 0 unspecified atom stereocenters. The maximum atomic E-state index is 5.13. The summed E-state index contributed by atoms with van der Waals surface area (Å²) in [5.74, 6) is 1.76. The normalized spacial score (nSPS) is 12.5. The van der Waals surface area contributed by atoms with Gasteiger partial charge in [0, 0.05) is 37.6 Å². The Bertz CT molecular complexity index is 2330. The van der Waals surface area contributed by atoms with Crippen LogP contribution in [0.15, 0.2) is 122 Å². The van der Waals surface area contributed by atoms with E-state index in [0.29, 0.717) is 17.6 Å². The van der Waals surface area contributed by atoms with Crippen LogP contribution in [0.3, 0.4) is 0 Å². The minimum atomic E-state index is 0.557. The van der Waals surface area contributed by atoms with E-state index in [-0.39, 0.29) is 0 Å². The first-order valence-electron chi connectivity index (χ1n) is 14.6. The van der Waals surface area contributed by atoms with Crippen molar-refractivity contribution in [3.63, 3.8) is 0 Å². The van der Waals surface area contributed by atoms with E-state index in [1.165, 1.54) is 30.9 Å². The van der Waals surface area contributed by atoms with E-state index in [1.807, 2.05) is 79.8 Å². The van der Waals surface area contributed by atoms with Gasteiger partial charge in [-0.3, -0.25) is 4.57 Å². The van der Waals surface area contributed by atoms with Gasteiger partial charge in [-0.1, -0.05) is 122 Å². The highest BCUT2D eigenvalue weighted by Crippen LogP contribution is 2.44. The van der Waals surface area contributed by atoms with Crippen LogP contribution in [-0.2, 0) is 0 Å². The average molecular weight is 587 g/mol. The van der Waals surface area contributed by atoms with Gasteiger partial charge in [0.1, 0.15) is 0 Å². The van der Waals surface area contributed by atoms with Gasteiger partial charge >= 0.3 is 0 Å². The molecule has 0 N–H and O–H groups in total. The smallest absolute Gasteiger partial charge is 0.238 e. The molecule has 4 nitrogen and oxygen atoms in total. The van der Waals surface area contributed by atoms with Gasteiger partial charge in [-0.15, -0.1) is 11.3 Å². The number of thiophene rings is 1. The zero-order valence-corrected chi connectivity index (χ0v) is 25.5. The summed E-state index contributed by atoms with van der Waals surface area (Å²) < 4.78 is 4.63. The molecule has 3 heterocycles. The first-order valence-corrected chi connectivity index (χ1v) is 15.4. The van der Waals surface area contributed by atoms with Gasteiger partial charge in [-0.2, -0.15) is 9.97 Å². The Balaban J connectivity index is 1.64. The van der Waals surface area contributed by atoms with Crippen LogP contribution in [0, 0.1) is 0 Å². The van der Waals surface area contributed by atoms with Crippen molar-refractivity contribution in [3.05, 3.63) is 139 Å². The predicted octanol–water partition coefficient (Wildman–Crippen LogP) is 10.8. The van der Waals surface area contributed by atoms with Crippen molar-refractivity contribution >= 4 is 70.9 Å². The fourth-order valence-corrected chi connectivity index (χ4v) is 7.20. The molecule has 0 fully saturated rings. The monoisotopic (exact) mass is 586 g/mol. The molecular formula is C39H30N4S. The molecule has 0 bridgehead atoms. The standard InChI is InChI=1S/C39H30N4S/c1-5-9-16-25(7-3)37-40-38(27-18-11-10-12-19-27)42-39(41-37)43-32(15-6-2)28(8-4)30-22-23-31-34-29-20-14-13-17-26(29)21-24-33(34)44-36(31)35(30)43/h5-24H,1,4H2,2-3H3/b15-6-,16-9-,25-7+. The molecule has 5 heteroatoms. The maximum absolute atomic E-state index is 5.13. The topological polar surface area (TPSA) is 43.6 Å². The number of hydrogen-bond acceptors (Lipinski definition) is 4. The van der Waals surface area contributed by atoms with Crippen LogP contribution >= 0.6 is 11.3 Å². The van der Waals surface area contributed by atoms with Crippen molar-refractivity contribution in [1.29, 1.82) is 0 Å². The first kappa shape index (κ1) is 27.4. The molecule has 0 spiro atoms. The molecule has 44 heavy (non-hydrogen) atoms. The minimum Gasteiger partial charge on any atom is -0.276 e. The van der Waals surface area contributed by atoms with Gasteiger partial charge in [-0.25, -0.2) is 4.98 Å². The summed E-state index contributed by atoms with van der Waals surface area (Å²) in [6.45, 7) is 12.1. The van der Waals surface area contributed by atoms with Gasteiger partial charge < -0.3 is 0 Å². The Morgan fingerprint density at radius 2 is 1.61 bits per heavy atom. The number of rotatable bonds is 7. The third-order valence-electron chi connectivity index (χ3n) is 7.90. The highest BCUT2D eigenvalue weighted by molar-refractivity contribution is 7.26. The molecule has 0 amide bonds. The van der Waals surface area contributed by atoms with E-state index < -0.39 is 0 Å². The summed E-state index contributed by atoms with van der Waals surface area (Å²) in [5.41, 5.74) is 4.90. The lowest BCUT2D eigenvalue weighted by atomic mass is 10.0. The van der Waals surface area contributed by atoms with E-state index >= 15 is 0 Å². The van der Waals surface area contributed by atoms with Crippen molar-refractivity contribution in [2.45, 2.75) is 13.8 Å². The van der Waals surface area contributed by atoms with Gasteiger partial charge in [0.2, 0.25) is 5.95 Å². The molecule has 3 aromatic heterocycles. The molecule has 7 rings (SSSR count). The third kappa shape index (κ3) is 4.41. The molecule has 0 aliphatic heterocycles. The molecule has 7 aromatic rings. The average Bonchev–Trinajstić information content (AvgIpc) is 3.61. The number of hydrogen-bond donors (Lipinski definition) is 0. The Morgan fingerprint density at radius 1 is 0.818 bits per heavy atom. The fraction of sp³-hybridized carbons (Fsp3) is 0.0513. The largest absolute Gasteiger partial charge is 0.276 e. The second kappa shape index (κ2) is 11.4. The maximum Gasteiger partial charge on any atom is 0.238 e. The Kier molecular flexibility index (Phi) is 7.09. The number of benzene rings is 4. The van der Waals surface area contributed by atoms with Gasteiger partial charge in [0.05, 0.1) is 15.9 Å². The van der Waals surface area contributed by atoms with Gasteiger partial charge in [0.25, 0.3) is 0 Å². The van der Waals surface area contributed by atoms with Crippen LogP contribution in [0.5, 0.6) is 0 Å². The molecule has 0 aliphatic carbocycles. The molecule has 0 aliphatic rings. The molecule has 0 saturated carbocycles. The van der Waals surface area contributed by atoms with Crippen molar-refractivity contribution in [3.8, 4) is 17.3 Å². The van der Waals surface area contributed by atoms with Gasteiger partial charge in [0.15, 0.2) is 11.6 Å². The van der Waals surface area contributed by atoms with Crippen molar-refractivity contribution < 1.29 is 0 Å². The number of allylic oxidation sites excluding steroid dienone is 6. The lowest BCUT2D eigenvalue weighted by Gasteiger charge is -2.12. The summed E-state index contributed by atoms with van der Waals surface area (Å²) in [4.78, 5) is 15.2.